The molecule has 2 aromatic rings. The molecule has 0 unspecified atom stereocenters. The van der Waals surface area contributed by atoms with E-state index in [4.69, 9.17) is 0 Å². The van der Waals surface area contributed by atoms with E-state index in [1.54, 1.807) is 0 Å². The highest BCUT2D eigenvalue weighted by Gasteiger charge is 2.40. The zero-order valence-electron chi connectivity index (χ0n) is 17.3. The summed E-state index contributed by atoms with van der Waals surface area (Å²) in [6.07, 6.45) is 0. The molecule has 0 saturated carbocycles. The van der Waals surface area contributed by atoms with Crippen molar-refractivity contribution in [2.24, 2.45) is 0 Å². The van der Waals surface area contributed by atoms with Crippen molar-refractivity contribution in [3.8, 4) is 0 Å². The van der Waals surface area contributed by atoms with Crippen molar-refractivity contribution >= 4 is 28.8 Å². The topological polar surface area (TPSA) is 52.7 Å². The second-order valence-corrected chi connectivity index (χ2v) is 7.69. The normalized spacial score (nSPS) is 14.3. The van der Waals surface area contributed by atoms with Crippen LogP contribution in [0.1, 0.15) is 30.5 Å². The molecule has 5 nitrogen and oxygen atoms in total. The first-order valence-electron chi connectivity index (χ1n) is 9.45. The van der Waals surface area contributed by atoms with Gasteiger partial charge in [0, 0.05) is 31.5 Å². The minimum atomic E-state index is -0.287. The lowest BCUT2D eigenvalue weighted by Gasteiger charge is -2.19. The molecule has 0 fully saturated rings. The molecule has 0 radical (unpaired) electrons. The molecule has 1 aliphatic heterocycles. The second-order valence-electron chi connectivity index (χ2n) is 7.69. The number of nitrogens with zero attached hydrogens (tertiary/aromatic N) is 2. The van der Waals surface area contributed by atoms with Crippen LogP contribution in [0.15, 0.2) is 48.2 Å². The SMILES string of the molecule is Cc1ccc(C2=C(Nc3ccc(N(C)C)cc3)C(=O)N(C(C)C)C2=O)cc1C. The molecule has 0 atom stereocenters. The van der Waals surface area contributed by atoms with Gasteiger partial charge in [-0.15, -0.1) is 0 Å². The van der Waals surface area contributed by atoms with Gasteiger partial charge in [-0.25, -0.2) is 0 Å². The summed E-state index contributed by atoms with van der Waals surface area (Å²) >= 11 is 0. The van der Waals surface area contributed by atoms with E-state index in [0.717, 1.165) is 28.1 Å². The van der Waals surface area contributed by atoms with Crippen LogP contribution < -0.4 is 10.2 Å². The Morgan fingerprint density at radius 2 is 1.54 bits per heavy atom. The van der Waals surface area contributed by atoms with Crippen LogP contribution in [0.5, 0.6) is 0 Å². The highest BCUT2D eigenvalue weighted by atomic mass is 16.2. The molecule has 3 rings (SSSR count). The van der Waals surface area contributed by atoms with Crippen molar-refractivity contribution in [1.82, 2.24) is 4.90 Å². The average molecular weight is 377 g/mol. The molecule has 0 spiro atoms. The quantitative estimate of drug-likeness (QED) is 0.801. The third-order valence-corrected chi connectivity index (χ3v) is 5.08. The summed E-state index contributed by atoms with van der Waals surface area (Å²) in [7, 11) is 3.95. The largest absolute Gasteiger partial charge is 0.378 e. The van der Waals surface area contributed by atoms with Gasteiger partial charge in [-0.2, -0.15) is 0 Å². The summed E-state index contributed by atoms with van der Waals surface area (Å²) in [5.41, 5.74) is 5.59. The molecule has 146 valence electrons. The Morgan fingerprint density at radius 1 is 0.893 bits per heavy atom. The van der Waals surface area contributed by atoms with Crippen molar-refractivity contribution in [2.75, 3.05) is 24.3 Å². The van der Waals surface area contributed by atoms with E-state index in [0.29, 0.717) is 11.3 Å². The van der Waals surface area contributed by atoms with Gasteiger partial charge < -0.3 is 10.2 Å². The smallest absolute Gasteiger partial charge is 0.278 e. The molecule has 0 bridgehead atoms. The van der Waals surface area contributed by atoms with Gasteiger partial charge in [-0.1, -0.05) is 18.2 Å². The summed E-state index contributed by atoms with van der Waals surface area (Å²) in [5, 5.41) is 3.20. The predicted molar refractivity (Wildman–Crippen MR) is 114 cm³/mol. The number of aryl methyl sites for hydroxylation is 2. The van der Waals surface area contributed by atoms with E-state index >= 15 is 0 Å². The van der Waals surface area contributed by atoms with Gasteiger partial charge >= 0.3 is 0 Å². The first-order chi connectivity index (χ1) is 13.2. The first kappa shape index (κ1) is 19.7. The maximum Gasteiger partial charge on any atom is 0.278 e. The van der Waals surface area contributed by atoms with Gasteiger partial charge in [-0.3, -0.25) is 14.5 Å². The Hall–Kier alpha value is -3.08. The summed E-state index contributed by atoms with van der Waals surface area (Å²) in [5.74, 6) is -0.541. The van der Waals surface area contributed by atoms with Crippen molar-refractivity contribution < 1.29 is 9.59 Å². The summed E-state index contributed by atoms with van der Waals surface area (Å²) in [6.45, 7) is 7.74. The fourth-order valence-electron chi connectivity index (χ4n) is 3.28. The molecule has 0 aliphatic carbocycles. The molecule has 1 aliphatic rings. The van der Waals surface area contributed by atoms with Gasteiger partial charge in [0.2, 0.25) is 0 Å². The van der Waals surface area contributed by atoms with Crippen LogP contribution in [0, 0.1) is 13.8 Å². The van der Waals surface area contributed by atoms with Gasteiger partial charge in [0.15, 0.2) is 0 Å². The minimum absolute atomic E-state index is 0.211. The van der Waals surface area contributed by atoms with Crippen molar-refractivity contribution in [3.63, 3.8) is 0 Å². The van der Waals surface area contributed by atoms with Crippen LogP contribution in [0.3, 0.4) is 0 Å². The van der Waals surface area contributed by atoms with Gasteiger partial charge in [-0.05, 0) is 68.7 Å². The molecule has 28 heavy (non-hydrogen) atoms. The van der Waals surface area contributed by atoms with Crippen LogP contribution >= 0.6 is 0 Å². The van der Waals surface area contributed by atoms with Gasteiger partial charge in [0.05, 0.1) is 5.57 Å². The van der Waals surface area contributed by atoms with Gasteiger partial charge in [0.25, 0.3) is 11.8 Å². The monoisotopic (exact) mass is 377 g/mol. The Kier molecular flexibility index (Phi) is 5.27. The van der Waals surface area contributed by atoms with Crippen LogP contribution in [0.25, 0.3) is 5.57 Å². The second kappa shape index (κ2) is 7.50. The fraction of sp³-hybridized carbons (Fsp3) is 0.304. The van der Waals surface area contributed by atoms with E-state index in [1.165, 1.54) is 4.90 Å². The standard InChI is InChI=1S/C23H27N3O2/c1-14(2)26-22(27)20(17-8-7-15(3)16(4)13-17)21(23(26)28)24-18-9-11-19(12-10-18)25(5)6/h7-14,24H,1-6H3. The Balaban J connectivity index is 2.07. The lowest BCUT2D eigenvalue weighted by Crippen LogP contribution is -2.38. The molecule has 2 amide bonds. The molecular weight excluding hydrogens is 350 g/mol. The predicted octanol–water partition coefficient (Wildman–Crippen LogP) is 3.97. The zero-order chi connectivity index (χ0) is 20.6. The van der Waals surface area contributed by atoms with Gasteiger partial charge in [0.1, 0.15) is 5.70 Å². The Bertz CT molecular complexity index is 956. The summed E-state index contributed by atoms with van der Waals surface area (Å²) < 4.78 is 0. The van der Waals surface area contributed by atoms with E-state index in [1.807, 2.05) is 89.2 Å². The summed E-state index contributed by atoms with van der Waals surface area (Å²) in [6, 6.07) is 13.4. The molecule has 0 aromatic heterocycles. The van der Waals surface area contributed by atoms with Crippen LogP contribution in [-0.2, 0) is 9.59 Å². The maximum absolute atomic E-state index is 13.1. The fourth-order valence-corrected chi connectivity index (χ4v) is 3.28. The van der Waals surface area contributed by atoms with E-state index in [-0.39, 0.29) is 17.9 Å². The third kappa shape index (κ3) is 3.52. The number of carbonyl (C=O) groups excluding carboxylic acids is 2. The third-order valence-electron chi connectivity index (χ3n) is 5.08. The number of amides is 2. The Morgan fingerprint density at radius 3 is 2.07 bits per heavy atom. The molecule has 2 aromatic carbocycles. The highest BCUT2D eigenvalue weighted by molar-refractivity contribution is 6.36. The average Bonchev–Trinajstić information content (AvgIpc) is 2.88. The molecular formula is C23H27N3O2. The highest BCUT2D eigenvalue weighted by Crippen LogP contribution is 2.32. The van der Waals surface area contributed by atoms with Crippen molar-refractivity contribution in [2.45, 2.75) is 33.7 Å². The van der Waals surface area contributed by atoms with Crippen molar-refractivity contribution in [1.29, 1.82) is 0 Å². The minimum Gasteiger partial charge on any atom is -0.378 e. The number of carbonyl (C=O) groups is 2. The Labute approximate surface area is 166 Å². The van der Waals surface area contributed by atoms with E-state index < -0.39 is 0 Å². The number of hydrogen-bond acceptors (Lipinski definition) is 4. The number of benzene rings is 2. The van der Waals surface area contributed by atoms with E-state index in [2.05, 4.69) is 5.32 Å². The van der Waals surface area contributed by atoms with Crippen LogP contribution in [0.4, 0.5) is 11.4 Å². The number of rotatable bonds is 5. The van der Waals surface area contributed by atoms with Crippen LogP contribution in [-0.4, -0.2) is 36.9 Å². The number of anilines is 2. The van der Waals surface area contributed by atoms with Crippen molar-refractivity contribution in [3.05, 3.63) is 64.9 Å². The van der Waals surface area contributed by atoms with E-state index in [9.17, 15) is 9.59 Å². The maximum atomic E-state index is 13.1. The molecule has 1 N–H and O–H groups in total. The lowest BCUT2D eigenvalue weighted by molar-refractivity contribution is -0.138. The molecule has 1 heterocycles. The molecule has 5 heteroatoms. The number of hydrogen-bond donors (Lipinski definition) is 1. The lowest BCUT2D eigenvalue weighted by atomic mass is 9.99. The molecule has 0 saturated heterocycles. The number of nitrogens with one attached hydrogen (secondary N) is 1. The van der Waals surface area contributed by atoms with Crippen LogP contribution in [0.2, 0.25) is 0 Å². The summed E-state index contributed by atoms with van der Waals surface area (Å²) in [4.78, 5) is 29.5. The zero-order valence-corrected chi connectivity index (χ0v) is 17.3. The first-order valence-corrected chi connectivity index (χ1v) is 9.45. The number of imide groups is 1.